The molecule has 0 aliphatic rings. The summed E-state index contributed by atoms with van der Waals surface area (Å²) in [5.74, 6) is -0.942. The number of benzene rings is 2. The normalized spacial score (nSPS) is 11.3. The molecule has 0 radical (unpaired) electrons. The molecule has 0 spiro atoms. The Morgan fingerprint density at radius 2 is 1.94 bits per heavy atom. The molecule has 31 heavy (non-hydrogen) atoms. The maximum atomic E-state index is 13.4. The third-order valence-corrected chi connectivity index (χ3v) is 5.25. The first kappa shape index (κ1) is 20.8. The molecule has 4 rings (SSSR count). The SMILES string of the molecule is CC(C)n1cnc2c(-c3ccccc3)cn(CC(=O)Nc3ccc(F)c(Cl)c3)c2c1=O. The van der Waals surface area contributed by atoms with Gasteiger partial charge in [-0.3, -0.25) is 14.2 Å². The summed E-state index contributed by atoms with van der Waals surface area (Å²) in [5.41, 5.74) is 2.69. The van der Waals surface area contributed by atoms with E-state index < -0.39 is 5.82 Å². The van der Waals surface area contributed by atoms with Crippen molar-refractivity contribution >= 4 is 34.2 Å². The summed E-state index contributed by atoms with van der Waals surface area (Å²) in [6.07, 6.45) is 3.29. The van der Waals surface area contributed by atoms with Crippen LogP contribution < -0.4 is 10.9 Å². The first-order valence-electron chi connectivity index (χ1n) is 9.75. The highest BCUT2D eigenvalue weighted by Crippen LogP contribution is 2.28. The number of amides is 1. The molecule has 0 fully saturated rings. The van der Waals surface area contributed by atoms with Crippen molar-refractivity contribution in [1.82, 2.24) is 14.1 Å². The Hall–Kier alpha value is -3.45. The van der Waals surface area contributed by atoms with Crippen molar-refractivity contribution < 1.29 is 9.18 Å². The lowest BCUT2D eigenvalue weighted by atomic mass is 10.1. The third kappa shape index (κ3) is 4.09. The number of hydrogen-bond donors (Lipinski definition) is 1. The van der Waals surface area contributed by atoms with Crippen LogP contribution in [-0.4, -0.2) is 20.0 Å². The molecular weight excluding hydrogens is 419 g/mol. The summed E-state index contributed by atoms with van der Waals surface area (Å²) in [5, 5.41) is 2.61. The number of carbonyl (C=O) groups excluding carboxylic acids is 1. The van der Waals surface area contributed by atoms with Crippen LogP contribution in [0.2, 0.25) is 5.02 Å². The van der Waals surface area contributed by atoms with Gasteiger partial charge in [-0.25, -0.2) is 9.37 Å². The van der Waals surface area contributed by atoms with Crippen molar-refractivity contribution in [3.63, 3.8) is 0 Å². The standard InChI is InChI=1S/C23H20ClFN4O2/c1-14(2)29-13-26-21-17(15-6-4-3-5-7-15)11-28(22(21)23(29)31)12-20(30)27-16-8-9-19(25)18(24)10-16/h3-11,13-14H,12H2,1-2H3,(H,27,30). The van der Waals surface area contributed by atoms with E-state index in [-0.39, 0.29) is 29.1 Å². The van der Waals surface area contributed by atoms with Crippen LogP contribution in [0.5, 0.6) is 0 Å². The van der Waals surface area contributed by atoms with Crippen LogP contribution in [0.1, 0.15) is 19.9 Å². The minimum atomic E-state index is -0.566. The highest BCUT2D eigenvalue weighted by Gasteiger charge is 2.19. The van der Waals surface area contributed by atoms with E-state index in [0.29, 0.717) is 16.7 Å². The summed E-state index contributed by atoms with van der Waals surface area (Å²) < 4.78 is 16.5. The van der Waals surface area contributed by atoms with Crippen LogP contribution in [0.25, 0.3) is 22.2 Å². The third-order valence-electron chi connectivity index (χ3n) is 4.96. The van der Waals surface area contributed by atoms with Crippen molar-refractivity contribution in [1.29, 1.82) is 0 Å². The number of nitrogens with one attached hydrogen (secondary N) is 1. The monoisotopic (exact) mass is 438 g/mol. The van der Waals surface area contributed by atoms with Crippen molar-refractivity contribution in [2.75, 3.05) is 5.32 Å². The van der Waals surface area contributed by atoms with Gasteiger partial charge in [0.15, 0.2) is 0 Å². The van der Waals surface area contributed by atoms with Crippen LogP contribution in [0.3, 0.4) is 0 Å². The topological polar surface area (TPSA) is 68.9 Å². The largest absolute Gasteiger partial charge is 0.332 e. The zero-order chi connectivity index (χ0) is 22.1. The van der Waals surface area contributed by atoms with Gasteiger partial charge in [0.25, 0.3) is 5.56 Å². The van der Waals surface area contributed by atoms with Crippen LogP contribution in [0.4, 0.5) is 10.1 Å². The van der Waals surface area contributed by atoms with Gasteiger partial charge in [-0.2, -0.15) is 0 Å². The molecule has 2 aromatic heterocycles. The van der Waals surface area contributed by atoms with Crippen molar-refractivity contribution in [2.45, 2.75) is 26.4 Å². The Balaban J connectivity index is 1.77. The highest BCUT2D eigenvalue weighted by atomic mass is 35.5. The number of halogens is 2. The van der Waals surface area contributed by atoms with E-state index in [0.717, 1.165) is 11.1 Å². The van der Waals surface area contributed by atoms with E-state index in [1.54, 1.807) is 10.8 Å². The van der Waals surface area contributed by atoms with Gasteiger partial charge in [0, 0.05) is 23.5 Å². The molecule has 0 aliphatic carbocycles. The average molecular weight is 439 g/mol. The smallest absolute Gasteiger partial charge is 0.278 e. The second kappa shape index (κ2) is 8.35. The van der Waals surface area contributed by atoms with Gasteiger partial charge in [-0.1, -0.05) is 41.9 Å². The van der Waals surface area contributed by atoms with E-state index in [1.807, 2.05) is 44.2 Å². The fourth-order valence-corrected chi connectivity index (χ4v) is 3.63. The van der Waals surface area contributed by atoms with Gasteiger partial charge in [-0.15, -0.1) is 0 Å². The van der Waals surface area contributed by atoms with Gasteiger partial charge < -0.3 is 9.88 Å². The Morgan fingerprint density at radius 3 is 2.61 bits per heavy atom. The van der Waals surface area contributed by atoms with Crippen molar-refractivity contribution in [2.24, 2.45) is 0 Å². The second-order valence-electron chi connectivity index (χ2n) is 7.46. The Kier molecular flexibility index (Phi) is 5.61. The Bertz CT molecular complexity index is 1330. The number of nitrogens with zero attached hydrogens (tertiary/aromatic N) is 3. The van der Waals surface area contributed by atoms with Gasteiger partial charge in [-0.05, 0) is 37.6 Å². The van der Waals surface area contributed by atoms with Gasteiger partial charge in [0.2, 0.25) is 5.91 Å². The Labute approximate surface area is 182 Å². The summed E-state index contributed by atoms with van der Waals surface area (Å²) in [6, 6.07) is 13.4. The molecule has 0 atom stereocenters. The maximum Gasteiger partial charge on any atom is 0.278 e. The zero-order valence-corrected chi connectivity index (χ0v) is 17.7. The summed E-state index contributed by atoms with van der Waals surface area (Å²) in [4.78, 5) is 30.4. The number of anilines is 1. The molecular formula is C23H20ClFN4O2. The fraction of sp³-hybridized carbons (Fsp3) is 0.174. The van der Waals surface area contributed by atoms with Crippen LogP contribution >= 0.6 is 11.6 Å². The summed E-state index contributed by atoms with van der Waals surface area (Å²) >= 11 is 5.79. The average Bonchev–Trinajstić information content (AvgIpc) is 3.10. The van der Waals surface area contributed by atoms with Crippen LogP contribution in [-0.2, 0) is 11.3 Å². The molecule has 1 amide bonds. The van der Waals surface area contributed by atoms with E-state index in [4.69, 9.17) is 11.6 Å². The zero-order valence-electron chi connectivity index (χ0n) is 17.0. The van der Waals surface area contributed by atoms with Crippen molar-refractivity contribution in [3.05, 3.63) is 82.2 Å². The van der Waals surface area contributed by atoms with E-state index in [1.165, 1.54) is 29.1 Å². The number of carbonyl (C=O) groups is 1. The molecule has 6 nitrogen and oxygen atoms in total. The Morgan fingerprint density at radius 1 is 1.19 bits per heavy atom. The van der Waals surface area contributed by atoms with Crippen molar-refractivity contribution in [3.8, 4) is 11.1 Å². The van der Waals surface area contributed by atoms with Gasteiger partial charge >= 0.3 is 0 Å². The minimum Gasteiger partial charge on any atom is -0.332 e. The molecule has 0 unspecified atom stereocenters. The molecule has 8 heteroatoms. The molecule has 0 aliphatic heterocycles. The molecule has 0 saturated carbocycles. The highest BCUT2D eigenvalue weighted by molar-refractivity contribution is 6.31. The number of fused-ring (bicyclic) bond motifs is 1. The molecule has 4 aromatic rings. The lowest BCUT2D eigenvalue weighted by Gasteiger charge is -2.11. The van der Waals surface area contributed by atoms with Gasteiger partial charge in [0.1, 0.15) is 23.4 Å². The summed E-state index contributed by atoms with van der Waals surface area (Å²) in [6.45, 7) is 3.67. The number of aromatic nitrogens is 3. The molecule has 1 N–H and O–H groups in total. The van der Waals surface area contributed by atoms with E-state index in [9.17, 15) is 14.0 Å². The second-order valence-corrected chi connectivity index (χ2v) is 7.87. The predicted molar refractivity (Wildman–Crippen MR) is 120 cm³/mol. The summed E-state index contributed by atoms with van der Waals surface area (Å²) in [7, 11) is 0. The molecule has 0 saturated heterocycles. The number of hydrogen-bond acceptors (Lipinski definition) is 3. The first-order valence-corrected chi connectivity index (χ1v) is 10.1. The number of rotatable bonds is 5. The molecule has 158 valence electrons. The molecule has 2 heterocycles. The molecule has 0 bridgehead atoms. The quantitative estimate of drug-likeness (QED) is 0.483. The lowest BCUT2D eigenvalue weighted by molar-refractivity contribution is -0.116. The van der Waals surface area contributed by atoms with E-state index in [2.05, 4.69) is 10.3 Å². The fourth-order valence-electron chi connectivity index (χ4n) is 3.45. The lowest BCUT2D eigenvalue weighted by Crippen LogP contribution is -2.26. The van der Waals surface area contributed by atoms with E-state index >= 15 is 0 Å². The van der Waals surface area contributed by atoms with Gasteiger partial charge in [0.05, 0.1) is 11.3 Å². The van der Waals surface area contributed by atoms with Crippen LogP contribution in [0, 0.1) is 5.82 Å². The minimum absolute atomic E-state index is 0.0805. The maximum absolute atomic E-state index is 13.4. The van der Waals surface area contributed by atoms with Crippen LogP contribution in [0.15, 0.2) is 65.8 Å². The predicted octanol–water partition coefficient (Wildman–Crippen LogP) is 4.88. The first-order chi connectivity index (χ1) is 14.8. The molecule has 2 aromatic carbocycles.